The SMILES string of the molecule is CN1C(=O)c2c(c3c([nH]c4ccc(O)cc43)c(=O)c3ccccc23)C1=O. The number of nitrogens with one attached hydrogen (secondary N) is 1. The molecule has 0 saturated heterocycles. The second-order valence-corrected chi connectivity index (χ2v) is 6.40. The highest BCUT2D eigenvalue weighted by Crippen LogP contribution is 2.36. The average Bonchev–Trinajstić information content (AvgIpc) is 3.07. The zero-order valence-corrected chi connectivity index (χ0v) is 13.7. The Labute approximate surface area is 146 Å². The molecule has 1 aliphatic heterocycles. The van der Waals surface area contributed by atoms with Gasteiger partial charge in [0.2, 0.25) is 5.43 Å². The number of nitrogens with zero attached hydrogens (tertiary/aromatic N) is 1. The topological polar surface area (TPSA) is 90.5 Å². The van der Waals surface area contributed by atoms with Crippen LogP contribution in [0.3, 0.4) is 0 Å². The standard InChI is InChI=1S/C20H12N2O4/c1-22-19(25)15-10-4-2-3-5-11(10)18(24)17-14(16(15)20(22)26)12-8-9(23)6-7-13(12)21-17/h2-8,21,23H,1H3. The average molecular weight is 344 g/mol. The summed E-state index contributed by atoms with van der Waals surface area (Å²) in [6.07, 6.45) is 0. The molecular weight excluding hydrogens is 332 g/mol. The molecule has 0 fully saturated rings. The Morgan fingerprint density at radius 2 is 1.58 bits per heavy atom. The first-order valence-corrected chi connectivity index (χ1v) is 8.05. The third-order valence-corrected chi connectivity index (χ3v) is 4.99. The van der Waals surface area contributed by atoms with Crippen LogP contribution >= 0.6 is 0 Å². The van der Waals surface area contributed by atoms with Crippen molar-refractivity contribution in [2.45, 2.75) is 0 Å². The molecule has 4 aromatic rings. The summed E-state index contributed by atoms with van der Waals surface area (Å²) in [5.41, 5.74) is 0.998. The monoisotopic (exact) mass is 344 g/mol. The number of hydrogen-bond donors (Lipinski definition) is 2. The fourth-order valence-corrected chi connectivity index (χ4v) is 3.77. The molecule has 0 atom stereocenters. The van der Waals surface area contributed by atoms with Crippen molar-refractivity contribution in [1.29, 1.82) is 0 Å². The number of imide groups is 1. The summed E-state index contributed by atoms with van der Waals surface area (Å²) in [5, 5.41) is 11.6. The van der Waals surface area contributed by atoms with Crippen molar-refractivity contribution in [2.75, 3.05) is 7.05 Å². The summed E-state index contributed by atoms with van der Waals surface area (Å²) in [6.45, 7) is 0. The van der Waals surface area contributed by atoms with Gasteiger partial charge in [0, 0.05) is 28.7 Å². The molecule has 6 nitrogen and oxygen atoms in total. The van der Waals surface area contributed by atoms with E-state index in [1.807, 2.05) is 0 Å². The van der Waals surface area contributed by atoms with Crippen molar-refractivity contribution < 1.29 is 14.7 Å². The van der Waals surface area contributed by atoms with Crippen molar-refractivity contribution in [3.8, 4) is 5.75 Å². The molecule has 0 unspecified atom stereocenters. The normalized spacial score (nSPS) is 14.0. The van der Waals surface area contributed by atoms with E-state index in [9.17, 15) is 19.5 Å². The second kappa shape index (κ2) is 4.70. The number of phenolic OH excluding ortho intramolecular Hbond substituents is 1. The van der Waals surface area contributed by atoms with Crippen molar-refractivity contribution in [3.05, 3.63) is 63.8 Å². The van der Waals surface area contributed by atoms with E-state index in [1.54, 1.807) is 30.3 Å². The Morgan fingerprint density at radius 1 is 0.885 bits per heavy atom. The van der Waals surface area contributed by atoms with Crippen LogP contribution in [0.25, 0.3) is 32.6 Å². The lowest BCUT2D eigenvalue weighted by Gasteiger charge is -2.04. The van der Waals surface area contributed by atoms with E-state index in [4.69, 9.17) is 0 Å². The summed E-state index contributed by atoms with van der Waals surface area (Å²) in [6, 6.07) is 11.4. The molecule has 2 amide bonds. The van der Waals surface area contributed by atoms with E-state index in [2.05, 4.69) is 4.98 Å². The Hall–Kier alpha value is -3.67. The lowest BCUT2D eigenvalue weighted by atomic mass is 10.0. The number of carbonyl (C=O) groups excluding carboxylic acids is 2. The van der Waals surface area contributed by atoms with Gasteiger partial charge in [-0.2, -0.15) is 0 Å². The molecule has 1 aromatic heterocycles. The van der Waals surface area contributed by atoms with Crippen molar-refractivity contribution in [1.82, 2.24) is 9.88 Å². The number of amides is 2. The minimum atomic E-state index is -0.458. The number of hydrogen-bond acceptors (Lipinski definition) is 4. The van der Waals surface area contributed by atoms with Crippen molar-refractivity contribution in [3.63, 3.8) is 0 Å². The zero-order valence-electron chi connectivity index (χ0n) is 13.7. The van der Waals surface area contributed by atoms with Crippen LogP contribution < -0.4 is 5.43 Å². The third kappa shape index (κ3) is 1.63. The molecule has 0 spiro atoms. The minimum Gasteiger partial charge on any atom is -0.508 e. The Bertz CT molecular complexity index is 1370. The van der Waals surface area contributed by atoms with Crippen LogP contribution in [0.2, 0.25) is 0 Å². The molecule has 0 aliphatic carbocycles. The summed E-state index contributed by atoms with van der Waals surface area (Å²) in [4.78, 5) is 42.9. The molecule has 3 aromatic carbocycles. The van der Waals surface area contributed by atoms with Gasteiger partial charge in [0.25, 0.3) is 11.8 Å². The molecule has 0 saturated carbocycles. The fraction of sp³-hybridized carbons (Fsp3) is 0.0500. The maximum atomic E-state index is 13.2. The highest BCUT2D eigenvalue weighted by Gasteiger charge is 2.37. The molecule has 0 radical (unpaired) electrons. The zero-order chi connectivity index (χ0) is 18.2. The highest BCUT2D eigenvalue weighted by atomic mass is 16.3. The number of aromatic hydroxyl groups is 1. The van der Waals surface area contributed by atoms with Gasteiger partial charge in [-0.15, -0.1) is 0 Å². The molecule has 126 valence electrons. The first-order chi connectivity index (χ1) is 12.5. The number of fused-ring (bicyclic) bond motifs is 7. The maximum Gasteiger partial charge on any atom is 0.262 e. The van der Waals surface area contributed by atoms with E-state index in [-0.39, 0.29) is 27.8 Å². The quantitative estimate of drug-likeness (QED) is 0.480. The molecular formula is C20H12N2O4. The number of H-pyrrole nitrogens is 1. The van der Waals surface area contributed by atoms with Gasteiger partial charge in [0.1, 0.15) is 5.75 Å². The number of aromatic amines is 1. The van der Waals surface area contributed by atoms with Crippen LogP contribution in [0.1, 0.15) is 20.7 Å². The maximum absolute atomic E-state index is 13.2. The Morgan fingerprint density at radius 3 is 2.35 bits per heavy atom. The Balaban J connectivity index is 2.22. The number of phenols is 1. The lowest BCUT2D eigenvalue weighted by Crippen LogP contribution is -2.24. The number of aromatic nitrogens is 1. The van der Waals surface area contributed by atoms with Crippen molar-refractivity contribution >= 4 is 44.4 Å². The van der Waals surface area contributed by atoms with Crippen LogP contribution in [-0.2, 0) is 0 Å². The molecule has 0 bridgehead atoms. The van der Waals surface area contributed by atoms with Gasteiger partial charge >= 0.3 is 0 Å². The number of carbonyl (C=O) groups is 2. The molecule has 5 rings (SSSR count). The predicted molar refractivity (Wildman–Crippen MR) is 97.7 cm³/mol. The lowest BCUT2D eigenvalue weighted by molar-refractivity contribution is 0.0694. The molecule has 6 heteroatoms. The molecule has 26 heavy (non-hydrogen) atoms. The largest absolute Gasteiger partial charge is 0.508 e. The van der Waals surface area contributed by atoms with Gasteiger partial charge in [0.05, 0.1) is 16.6 Å². The number of benzene rings is 2. The predicted octanol–water partition coefficient (Wildman–Crippen LogP) is 2.77. The summed E-state index contributed by atoms with van der Waals surface area (Å²) in [5.74, 6) is -0.881. The van der Waals surface area contributed by atoms with Crippen LogP contribution in [0.4, 0.5) is 0 Å². The van der Waals surface area contributed by atoms with Gasteiger partial charge in [0.15, 0.2) is 0 Å². The fourth-order valence-electron chi connectivity index (χ4n) is 3.77. The van der Waals surface area contributed by atoms with Crippen molar-refractivity contribution in [2.24, 2.45) is 0 Å². The van der Waals surface area contributed by atoms with E-state index < -0.39 is 11.8 Å². The molecule has 1 aliphatic rings. The first-order valence-electron chi connectivity index (χ1n) is 8.05. The van der Waals surface area contributed by atoms with E-state index >= 15 is 0 Å². The minimum absolute atomic E-state index is 0.0146. The van der Waals surface area contributed by atoms with Gasteiger partial charge < -0.3 is 10.1 Å². The van der Waals surface area contributed by atoms with E-state index in [0.29, 0.717) is 27.1 Å². The summed E-state index contributed by atoms with van der Waals surface area (Å²) < 4.78 is 0. The second-order valence-electron chi connectivity index (χ2n) is 6.40. The summed E-state index contributed by atoms with van der Waals surface area (Å²) in [7, 11) is 1.43. The van der Waals surface area contributed by atoms with Crippen LogP contribution in [0.5, 0.6) is 5.75 Å². The van der Waals surface area contributed by atoms with Crippen LogP contribution in [0, 0.1) is 0 Å². The Kier molecular flexibility index (Phi) is 2.65. The first kappa shape index (κ1) is 14.7. The van der Waals surface area contributed by atoms with Gasteiger partial charge in [-0.25, -0.2) is 0 Å². The van der Waals surface area contributed by atoms with Gasteiger partial charge in [-0.3, -0.25) is 19.3 Å². The van der Waals surface area contributed by atoms with Crippen LogP contribution in [-0.4, -0.2) is 33.9 Å². The smallest absolute Gasteiger partial charge is 0.262 e. The third-order valence-electron chi connectivity index (χ3n) is 4.99. The highest BCUT2D eigenvalue weighted by molar-refractivity contribution is 6.33. The van der Waals surface area contributed by atoms with E-state index in [0.717, 1.165) is 4.90 Å². The molecule has 2 heterocycles. The molecule has 2 N–H and O–H groups in total. The van der Waals surface area contributed by atoms with Gasteiger partial charge in [-0.1, -0.05) is 24.3 Å². The van der Waals surface area contributed by atoms with Crippen LogP contribution in [0.15, 0.2) is 47.3 Å². The van der Waals surface area contributed by atoms with Gasteiger partial charge in [-0.05, 0) is 23.6 Å². The van der Waals surface area contributed by atoms with E-state index in [1.165, 1.54) is 19.2 Å². The summed E-state index contributed by atoms with van der Waals surface area (Å²) >= 11 is 0. The number of rotatable bonds is 0.